The molecule has 2 aromatic rings. The molecule has 0 spiro atoms. The van der Waals surface area contributed by atoms with Crippen LogP contribution in [-0.4, -0.2) is 33.9 Å². The van der Waals surface area contributed by atoms with Crippen LogP contribution in [0.5, 0.6) is 0 Å². The Balaban J connectivity index is 1.91. The third-order valence-corrected chi connectivity index (χ3v) is 3.65. The first-order chi connectivity index (χ1) is 11.5. The van der Waals surface area contributed by atoms with E-state index in [1.165, 1.54) is 12.2 Å². The van der Waals surface area contributed by atoms with Crippen molar-refractivity contribution in [2.45, 2.75) is 32.7 Å². The normalized spacial score (nSPS) is 12.5. The van der Waals surface area contributed by atoms with Crippen LogP contribution in [0, 0.1) is 0 Å². The average molecular weight is 350 g/mol. The summed E-state index contributed by atoms with van der Waals surface area (Å²) in [5, 5.41) is 3.05. The van der Waals surface area contributed by atoms with Crippen molar-refractivity contribution in [2.75, 3.05) is 6.61 Å². The first-order valence-corrected chi connectivity index (χ1v) is 8.15. The number of nitrogens with zero attached hydrogens (tertiary/aromatic N) is 2. The zero-order chi connectivity index (χ0) is 17.5. The lowest BCUT2D eigenvalue weighted by molar-refractivity contribution is -0.144. The van der Waals surface area contributed by atoms with Crippen molar-refractivity contribution in [2.24, 2.45) is 0 Å². The maximum absolute atomic E-state index is 11.7. The number of pyridine rings is 1. The molecule has 0 aliphatic heterocycles. The number of carbonyl (C=O) groups is 2. The van der Waals surface area contributed by atoms with Gasteiger partial charge in [0, 0.05) is 18.3 Å². The van der Waals surface area contributed by atoms with E-state index in [0.29, 0.717) is 11.3 Å². The van der Waals surface area contributed by atoms with Gasteiger partial charge in [0.2, 0.25) is 0 Å². The molecule has 6 nitrogen and oxygen atoms in total. The molecule has 0 fully saturated rings. The van der Waals surface area contributed by atoms with Gasteiger partial charge in [-0.25, -0.2) is 9.78 Å². The third kappa shape index (κ3) is 4.83. The van der Waals surface area contributed by atoms with E-state index in [0.717, 1.165) is 12.8 Å². The minimum atomic E-state index is -0.616. The Morgan fingerprint density at radius 1 is 1.46 bits per heavy atom. The van der Waals surface area contributed by atoms with E-state index >= 15 is 0 Å². The molecule has 2 heterocycles. The zero-order valence-electron chi connectivity index (χ0n) is 13.7. The number of hydrogen-bond acceptors (Lipinski definition) is 4. The molecule has 0 saturated heterocycles. The van der Waals surface area contributed by atoms with Crippen LogP contribution in [0.2, 0.25) is 5.15 Å². The highest BCUT2D eigenvalue weighted by Crippen LogP contribution is 2.18. The minimum Gasteiger partial charge on any atom is -0.452 e. The topological polar surface area (TPSA) is 72.7 Å². The molecule has 0 saturated carbocycles. The standard InChI is InChI=1S/C17H20ClN3O3/c1-3-6-12(2)19-15(22)11-24-16(23)9-8-13-17(18)20-14-7-4-5-10-21(13)14/h4-5,7-10,12H,3,6,11H2,1-2H3,(H,19,22)/b9-8+/t12-/m1/s1. The van der Waals surface area contributed by atoms with Crippen molar-refractivity contribution >= 4 is 35.2 Å². The number of aromatic nitrogens is 2. The molecule has 2 rings (SSSR count). The number of esters is 1. The second kappa shape index (κ2) is 8.49. The summed E-state index contributed by atoms with van der Waals surface area (Å²) in [6.07, 6.45) is 6.39. The monoisotopic (exact) mass is 349 g/mol. The molecule has 2 aromatic heterocycles. The molecule has 1 atom stereocenters. The number of carbonyl (C=O) groups excluding carboxylic acids is 2. The predicted molar refractivity (Wildman–Crippen MR) is 92.7 cm³/mol. The number of fused-ring (bicyclic) bond motifs is 1. The lowest BCUT2D eigenvalue weighted by Crippen LogP contribution is -2.35. The van der Waals surface area contributed by atoms with Gasteiger partial charge in [-0.15, -0.1) is 0 Å². The average Bonchev–Trinajstić information content (AvgIpc) is 2.86. The van der Waals surface area contributed by atoms with Gasteiger partial charge in [-0.3, -0.25) is 9.20 Å². The van der Waals surface area contributed by atoms with Gasteiger partial charge in [-0.1, -0.05) is 31.0 Å². The fourth-order valence-corrected chi connectivity index (χ4v) is 2.53. The Bertz CT molecular complexity index is 755. The maximum Gasteiger partial charge on any atom is 0.331 e. The lowest BCUT2D eigenvalue weighted by atomic mass is 10.2. The van der Waals surface area contributed by atoms with Crippen molar-refractivity contribution in [1.82, 2.24) is 14.7 Å². The predicted octanol–water partition coefficient (Wildman–Crippen LogP) is 2.85. The van der Waals surface area contributed by atoms with Gasteiger partial charge in [-0.05, 0) is 31.6 Å². The Kier molecular flexibility index (Phi) is 6.37. The summed E-state index contributed by atoms with van der Waals surface area (Å²) in [7, 11) is 0. The Morgan fingerprint density at radius 3 is 3.00 bits per heavy atom. The van der Waals surface area contributed by atoms with Crippen LogP contribution in [-0.2, 0) is 14.3 Å². The minimum absolute atomic E-state index is 0.0636. The van der Waals surface area contributed by atoms with E-state index in [2.05, 4.69) is 10.3 Å². The van der Waals surface area contributed by atoms with Crippen LogP contribution < -0.4 is 5.32 Å². The quantitative estimate of drug-likeness (QED) is 0.616. The molecule has 1 amide bonds. The Hall–Kier alpha value is -2.34. The molecule has 24 heavy (non-hydrogen) atoms. The molecule has 1 N–H and O–H groups in total. The van der Waals surface area contributed by atoms with Crippen molar-refractivity contribution in [3.8, 4) is 0 Å². The summed E-state index contributed by atoms with van der Waals surface area (Å²) in [6.45, 7) is 3.65. The van der Waals surface area contributed by atoms with Crippen LogP contribution in [0.15, 0.2) is 30.5 Å². The molecule has 0 radical (unpaired) electrons. The summed E-state index contributed by atoms with van der Waals surface area (Å²) >= 11 is 6.07. The van der Waals surface area contributed by atoms with Gasteiger partial charge in [0.1, 0.15) is 5.65 Å². The first kappa shape index (κ1) is 18.0. The van der Waals surface area contributed by atoms with E-state index in [1.807, 2.05) is 32.0 Å². The summed E-state index contributed by atoms with van der Waals surface area (Å²) in [5.41, 5.74) is 1.25. The number of nitrogens with one attached hydrogen (secondary N) is 1. The van der Waals surface area contributed by atoms with Crippen molar-refractivity contribution in [1.29, 1.82) is 0 Å². The summed E-state index contributed by atoms with van der Waals surface area (Å²) in [6, 6.07) is 5.55. The first-order valence-electron chi connectivity index (χ1n) is 7.78. The van der Waals surface area contributed by atoms with E-state index in [9.17, 15) is 9.59 Å². The number of amides is 1. The van der Waals surface area contributed by atoms with Crippen LogP contribution in [0.1, 0.15) is 32.4 Å². The molecule has 0 unspecified atom stereocenters. The Morgan fingerprint density at radius 2 is 2.25 bits per heavy atom. The van der Waals surface area contributed by atoms with Crippen molar-refractivity contribution in [3.05, 3.63) is 41.3 Å². The molecule has 0 aromatic carbocycles. The molecule has 0 aliphatic rings. The highest BCUT2D eigenvalue weighted by molar-refractivity contribution is 6.31. The van der Waals surface area contributed by atoms with E-state index in [4.69, 9.17) is 16.3 Å². The summed E-state index contributed by atoms with van der Waals surface area (Å²) in [4.78, 5) is 27.6. The van der Waals surface area contributed by atoms with E-state index < -0.39 is 5.97 Å². The lowest BCUT2D eigenvalue weighted by Gasteiger charge is -2.12. The number of ether oxygens (including phenoxy) is 1. The van der Waals surface area contributed by atoms with Crippen molar-refractivity contribution < 1.29 is 14.3 Å². The van der Waals surface area contributed by atoms with E-state index in [1.54, 1.807) is 10.6 Å². The molecular formula is C17H20ClN3O3. The summed E-state index contributed by atoms with van der Waals surface area (Å²) in [5.74, 6) is -0.930. The fourth-order valence-electron chi connectivity index (χ4n) is 2.29. The largest absolute Gasteiger partial charge is 0.452 e. The number of imidazole rings is 1. The summed E-state index contributed by atoms with van der Waals surface area (Å²) < 4.78 is 6.68. The Labute approximate surface area is 145 Å². The number of hydrogen-bond donors (Lipinski definition) is 1. The smallest absolute Gasteiger partial charge is 0.331 e. The molecule has 7 heteroatoms. The maximum atomic E-state index is 11.7. The van der Waals surface area contributed by atoms with Crippen LogP contribution >= 0.6 is 11.6 Å². The number of rotatable bonds is 7. The second-order valence-corrected chi connectivity index (χ2v) is 5.77. The van der Waals surface area contributed by atoms with Crippen LogP contribution in [0.4, 0.5) is 0 Å². The number of halogens is 1. The van der Waals surface area contributed by atoms with Gasteiger partial charge >= 0.3 is 5.97 Å². The SMILES string of the molecule is CCC[C@@H](C)NC(=O)COC(=O)/C=C/c1c(Cl)nc2ccccn12. The molecule has 0 aliphatic carbocycles. The molecule has 128 valence electrons. The molecular weight excluding hydrogens is 330 g/mol. The third-order valence-electron chi connectivity index (χ3n) is 3.37. The second-order valence-electron chi connectivity index (χ2n) is 5.41. The highest BCUT2D eigenvalue weighted by Gasteiger charge is 2.10. The zero-order valence-corrected chi connectivity index (χ0v) is 14.4. The van der Waals surface area contributed by atoms with Gasteiger partial charge in [0.15, 0.2) is 11.8 Å². The van der Waals surface area contributed by atoms with Gasteiger partial charge in [0.25, 0.3) is 5.91 Å². The van der Waals surface area contributed by atoms with Gasteiger partial charge in [0.05, 0.1) is 5.69 Å². The van der Waals surface area contributed by atoms with Crippen LogP contribution in [0.25, 0.3) is 11.7 Å². The van der Waals surface area contributed by atoms with Gasteiger partial charge in [-0.2, -0.15) is 0 Å². The fraction of sp³-hybridized carbons (Fsp3) is 0.353. The van der Waals surface area contributed by atoms with E-state index in [-0.39, 0.29) is 23.7 Å². The highest BCUT2D eigenvalue weighted by atomic mass is 35.5. The molecule has 0 bridgehead atoms. The van der Waals surface area contributed by atoms with Crippen molar-refractivity contribution in [3.63, 3.8) is 0 Å². The van der Waals surface area contributed by atoms with Gasteiger partial charge < -0.3 is 10.1 Å². The van der Waals surface area contributed by atoms with Crippen LogP contribution in [0.3, 0.4) is 0 Å².